The Morgan fingerprint density at radius 1 is 1.12 bits per heavy atom. The van der Waals surface area contributed by atoms with E-state index in [0.717, 1.165) is 5.69 Å². The first-order valence-corrected chi connectivity index (χ1v) is 6.62. The Balaban J connectivity index is 0.000000606. The SMILES string of the molecule is CC.Cc1nsc2cc(C(C)(C)C)ccc12. The van der Waals surface area contributed by atoms with E-state index in [0.29, 0.717) is 0 Å². The van der Waals surface area contributed by atoms with Gasteiger partial charge in [-0.25, -0.2) is 0 Å². The molecule has 1 aromatic heterocycles. The highest BCUT2D eigenvalue weighted by atomic mass is 32.1. The molecule has 0 radical (unpaired) electrons. The number of aryl methyl sites for hydroxylation is 1. The third-order valence-electron chi connectivity index (χ3n) is 2.52. The molecule has 1 heterocycles. The number of benzene rings is 1. The number of rotatable bonds is 0. The normalized spacial score (nSPS) is 11.1. The molecule has 0 atom stereocenters. The Bertz CT molecular complexity index is 463. The summed E-state index contributed by atoms with van der Waals surface area (Å²) in [6.07, 6.45) is 0. The summed E-state index contributed by atoms with van der Waals surface area (Å²) in [6, 6.07) is 6.67. The Hall–Kier alpha value is -0.890. The summed E-state index contributed by atoms with van der Waals surface area (Å²) >= 11 is 1.59. The summed E-state index contributed by atoms with van der Waals surface area (Å²) in [5.74, 6) is 0. The lowest BCUT2D eigenvalue weighted by atomic mass is 9.87. The second-order valence-electron chi connectivity index (χ2n) is 4.73. The quantitative estimate of drug-likeness (QED) is 0.631. The van der Waals surface area contributed by atoms with Crippen molar-refractivity contribution in [2.24, 2.45) is 0 Å². The van der Waals surface area contributed by atoms with Gasteiger partial charge < -0.3 is 0 Å². The van der Waals surface area contributed by atoms with Crippen LogP contribution in [0.2, 0.25) is 0 Å². The van der Waals surface area contributed by atoms with Gasteiger partial charge in [-0.3, -0.25) is 0 Å². The summed E-state index contributed by atoms with van der Waals surface area (Å²) in [5.41, 5.74) is 2.76. The molecule has 0 bridgehead atoms. The first-order valence-electron chi connectivity index (χ1n) is 5.85. The van der Waals surface area contributed by atoms with Crippen LogP contribution >= 0.6 is 11.5 Å². The van der Waals surface area contributed by atoms with Crippen LogP contribution in [0.3, 0.4) is 0 Å². The van der Waals surface area contributed by atoms with E-state index >= 15 is 0 Å². The smallest absolute Gasteiger partial charge is 0.0589 e. The average molecular weight is 235 g/mol. The van der Waals surface area contributed by atoms with Crippen LogP contribution in [-0.4, -0.2) is 4.37 Å². The van der Waals surface area contributed by atoms with Gasteiger partial charge >= 0.3 is 0 Å². The molecule has 2 heteroatoms. The molecule has 0 aliphatic carbocycles. The molecular weight excluding hydrogens is 214 g/mol. The van der Waals surface area contributed by atoms with Crippen molar-refractivity contribution in [1.82, 2.24) is 4.37 Å². The van der Waals surface area contributed by atoms with Gasteiger partial charge in [0, 0.05) is 5.39 Å². The molecule has 0 N–H and O–H groups in total. The number of fused-ring (bicyclic) bond motifs is 1. The molecule has 0 unspecified atom stereocenters. The van der Waals surface area contributed by atoms with Crippen molar-refractivity contribution < 1.29 is 0 Å². The van der Waals surface area contributed by atoms with Crippen LogP contribution in [0.15, 0.2) is 18.2 Å². The molecule has 1 aromatic carbocycles. The summed E-state index contributed by atoms with van der Waals surface area (Å²) in [5, 5.41) is 1.29. The molecular formula is C14H21NS. The number of nitrogens with zero attached hydrogens (tertiary/aromatic N) is 1. The number of hydrogen-bond donors (Lipinski definition) is 0. The average Bonchev–Trinajstić information content (AvgIpc) is 2.62. The summed E-state index contributed by atoms with van der Waals surface area (Å²) in [6.45, 7) is 12.8. The van der Waals surface area contributed by atoms with Crippen molar-refractivity contribution in [3.05, 3.63) is 29.5 Å². The van der Waals surface area contributed by atoms with E-state index in [1.54, 1.807) is 11.5 Å². The van der Waals surface area contributed by atoms with Crippen LogP contribution in [-0.2, 0) is 5.41 Å². The highest BCUT2D eigenvalue weighted by Gasteiger charge is 2.14. The highest BCUT2D eigenvalue weighted by molar-refractivity contribution is 7.13. The number of aromatic nitrogens is 1. The Kier molecular flexibility index (Phi) is 4.09. The Labute approximate surface area is 103 Å². The molecule has 2 aromatic rings. The first kappa shape index (κ1) is 13.2. The predicted molar refractivity (Wildman–Crippen MR) is 74.4 cm³/mol. The monoisotopic (exact) mass is 235 g/mol. The van der Waals surface area contributed by atoms with Gasteiger partial charge in [-0.15, -0.1) is 0 Å². The van der Waals surface area contributed by atoms with Gasteiger partial charge in [-0.1, -0.05) is 46.8 Å². The van der Waals surface area contributed by atoms with Crippen LogP contribution in [0.5, 0.6) is 0 Å². The van der Waals surface area contributed by atoms with Gasteiger partial charge in [0.15, 0.2) is 0 Å². The van der Waals surface area contributed by atoms with Crippen molar-refractivity contribution in [3.8, 4) is 0 Å². The van der Waals surface area contributed by atoms with Crippen LogP contribution in [0.4, 0.5) is 0 Å². The van der Waals surface area contributed by atoms with Gasteiger partial charge in [-0.05, 0) is 35.5 Å². The van der Waals surface area contributed by atoms with E-state index in [1.807, 2.05) is 13.8 Å². The van der Waals surface area contributed by atoms with E-state index < -0.39 is 0 Å². The zero-order chi connectivity index (χ0) is 12.3. The van der Waals surface area contributed by atoms with Gasteiger partial charge in [-0.2, -0.15) is 4.37 Å². The molecule has 0 fully saturated rings. The standard InChI is InChI=1S/C12H15NS.C2H6/c1-8-10-6-5-9(12(2,3)4)7-11(10)14-13-8;1-2/h5-7H,1-4H3;1-2H3. The van der Waals surface area contributed by atoms with Crippen molar-refractivity contribution in [1.29, 1.82) is 0 Å². The maximum absolute atomic E-state index is 4.36. The van der Waals surface area contributed by atoms with Crippen LogP contribution in [0.25, 0.3) is 10.1 Å². The van der Waals surface area contributed by atoms with E-state index in [9.17, 15) is 0 Å². The summed E-state index contributed by atoms with van der Waals surface area (Å²) in [4.78, 5) is 0. The highest BCUT2D eigenvalue weighted by Crippen LogP contribution is 2.29. The van der Waals surface area contributed by atoms with Crippen molar-refractivity contribution in [2.45, 2.75) is 47.0 Å². The fourth-order valence-electron chi connectivity index (χ4n) is 1.53. The lowest BCUT2D eigenvalue weighted by molar-refractivity contribution is 0.591. The maximum atomic E-state index is 4.36. The first-order chi connectivity index (χ1) is 7.48. The summed E-state index contributed by atoms with van der Waals surface area (Å²) in [7, 11) is 0. The molecule has 16 heavy (non-hydrogen) atoms. The predicted octanol–water partition coefficient (Wildman–Crippen LogP) is 4.93. The van der Waals surface area contributed by atoms with Crippen LogP contribution in [0.1, 0.15) is 45.9 Å². The Morgan fingerprint density at radius 3 is 2.31 bits per heavy atom. The third kappa shape index (κ3) is 2.62. The fourth-order valence-corrected chi connectivity index (χ4v) is 2.36. The number of hydrogen-bond acceptors (Lipinski definition) is 2. The zero-order valence-corrected chi connectivity index (χ0v) is 11.9. The summed E-state index contributed by atoms with van der Waals surface area (Å²) < 4.78 is 5.66. The van der Waals surface area contributed by atoms with E-state index in [-0.39, 0.29) is 5.41 Å². The maximum Gasteiger partial charge on any atom is 0.0589 e. The molecule has 0 aliphatic heterocycles. The third-order valence-corrected chi connectivity index (χ3v) is 3.42. The minimum Gasteiger partial charge on any atom is -0.197 e. The van der Waals surface area contributed by atoms with E-state index in [1.165, 1.54) is 15.6 Å². The van der Waals surface area contributed by atoms with Crippen molar-refractivity contribution >= 4 is 21.6 Å². The molecule has 0 spiro atoms. The largest absolute Gasteiger partial charge is 0.197 e. The van der Waals surface area contributed by atoms with E-state index in [2.05, 4.69) is 50.3 Å². The fraction of sp³-hybridized carbons (Fsp3) is 0.500. The van der Waals surface area contributed by atoms with Crippen molar-refractivity contribution in [2.75, 3.05) is 0 Å². The molecule has 88 valence electrons. The van der Waals surface area contributed by atoms with Crippen LogP contribution < -0.4 is 0 Å². The minimum atomic E-state index is 0.228. The van der Waals surface area contributed by atoms with Crippen molar-refractivity contribution in [3.63, 3.8) is 0 Å². The minimum absolute atomic E-state index is 0.228. The lowest BCUT2D eigenvalue weighted by Gasteiger charge is -2.18. The van der Waals surface area contributed by atoms with E-state index in [4.69, 9.17) is 0 Å². The lowest BCUT2D eigenvalue weighted by Crippen LogP contribution is -2.10. The molecule has 2 rings (SSSR count). The van der Waals surface area contributed by atoms with Crippen LogP contribution in [0, 0.1) is 6.92 Å². The molecule has 0 saturated heterocycles. The molecule has 0 aliphatic rings. The second kappa shape index (κ2) is 4.96. The van der Waals surface area contributed by atoms with Gasteiger partial charge in [0.1, 0.15) is 0 Å². The molecule has 0 saturated carbocycles. The zero-order valence-electron chi connectivity index (χ0n) is 11.1. The second-order valence-corrected chi connectivity index (χ2v) is 5.53. The van der Waals surface area contributed by atoms with Gasteiger partial charge in [0.25, 0.3) is 0 Å². The van der Waals surface area contributed by atoms with Gasteiger partial charge in [0.05, 0.1) is 10.4 Å². The topological polar surface area (TPSA) is 12.9 Å². The molecule has 0 amide bonds. The Morgan fingerprint density at radius 2 is 1.75 bits per heavy atom. The molecule has 1 nitrogen and oxygen atoms in total. The van der Waals surface area contributed by atoms with Gasteiger partial charge in [0.2, 0.25) is 0 Å².